The zero-order chi connectivity index (χ0) is 14.9. The molecule has 0 heterocycles. The average molecular weight is 292 g/mol. The van der Waals surface area contributed by atoms with Crippen molar-refractivity contribution in [2.75, 3.05) is 5.73 Å². The van der Waals surface area contributed by atoms with Crippen molar-refractivity contribution in [3.63, 3.8) is 0 Å². The second-order valence-corrected chi connectivity index (χ2v) is 6.18. The van der Waals surface area contributed by atoms with Gasteiger partial charge in [0.1, 0.15) is 5.75 Å². The molecule has 0 amide bonds. The van der Waals surface area contributed by atoms with E-state index in [1.165, 1.54) is 18.2 Å². The first kappa shape index (κ1) is 14.4. The van der Waals surface area contributed by atoms with Crippen LogP contribution in [0.3, 0.4) is 0 Å². The second-order valence-electron chi connectivity index (χ2n) is 4.62. The van der Waals surface area contributed by atoms with E-state index < -0.39 is 10.0 Å². The minimum absolute atomic E-state index is 0.0357. The van der Waals surface area contributed by atoms with Gasteiger partial charge in [0.2, 0.25) is 10.0 Å². The Morgan fingerprint density at radius 1 is 1.00 bits per heavy atom. The van der Waals surface area contributed by atoms with Gasteiger partial charge in [-0.05, 0) is 37.6 Å². The molecule has 2 aromatic carbocycles. The molecule has 0 aromatic heterocycles. The summed E-state index contributed by atoms with van der Waals surface area (Å²) < 4.78 is 28.4. The Hall–Kier alpha value is -2.05. The molecule has 4 N–H and O–H groups in total. The van der Waals surface area contributed by atoms with Crippen molar-refractivity contribution in [2.45, 2.75) is 18.7 Å². The summed E-state index contributed by atoms with van der Waals surface area (Å²) >= 11 is 0. The van der Waals surface area contributed by atoms with Gasteiger partial charge in [-0.15, -0.1) is 0 Å². The normalized spacial score (nSPS) is 11.3. The molecular formula is C14H16N2O3S. The number of rotatable bonds is 3. The lowest BCUT2D eigenvalue weighted by molar-refractivity contribution is 0.479. The summed E-state index contributed by atoms with van der Waals surface area (Å²) in [5.74, 6) is 0.886. The van der Waals surface area contributed by atoms with Crippen LogP contribution in [0.2, 0.25) is 0 Å². The Morgan fingerprint density at radius 2 is 1.70 bits per heavy atom. The highest BCUT2D eigenvalue weighted by atomic mass is 32.2. The number of benzene rings is 2. The van der Waals surface area contributed by atoms with Crippen LogP contribution in [0.4, 0.5) is 5.69 Å². The Morgan fingerprint density at radius 3 is 2.30 bits per heavy atom. The third-order valence-corrected chi connectivity index (χ3v) is 3.77. The summed E-state index contributed by atoms with van der Waals surface area (Å²) in [6.45, 7) is 3.88. The van der Waals surface area contributed by atoms with Gasteiger partial charge in [-0.2, -0.15) is 0 Å². The topological polar surface area (TPSA) is 95.4 Å². The molecule has 0 bridgehead atoms. The number of sulfonamides is 1. The molecule has 0 fully saturated rings. The second kappa shape index (κ2) is 5.15. The highest BCUT2D eigenvalue weighted by Crippen LogP contribution is 2.31. The van der Waals surface area contributed by atoms with Gasteiger partial charge in [0.05, 0.1) is 10.6 Å². The van der Waals surface area contributed by atoms with Gasteiger partial charge in [0, 0.05) is 6.07 Å². The molecule has 0 aliphatic rings. The SMILES string of the molecule is Cc1ccc(Oc2cc(S(N)(=O)=O)ccc2N)c(C)c1. The third kappa shape index (κ3) is 3.09. The Balaban J connectivity index is 2.43. The monoisotopic (exact) mass is 292 g/mol. The van der Waals surface area contributed by atoms with Crippen LogP contribution in [0.1, 0.15) is 11.1 Å². The van der Waals surface area contributed by atoms with Gasteiger partial charge in [-0.1, -0.05) is 17.7 Å². The Labute approximate surface area is 118 Å². The van der Waals surface area contributed by atoms with Crippen LogP contribution in [0, 0.1) is 13.8 Å². The number of anilines is 1. The number of nitrogens with two attached hydrogens (primary N) is 2. The first-order valence-electron chi connectivity index (χ1n) is 5.95. The minimum atomic E-state index is -3.79. The molecule has 6 heteroatoms. The van der Waals surface area contributed by atoms with Crippen LogP contribution < -0.4 is 15.6 Å². The number of nitrogen functional groups attached to an aromatic ring is 1. The van der Waals surface area contributed by atoms with Crippen LogP contribution >= 0.6 is 0 Å². The van der Waals surface area contributed by atoms with Crippen molar-refractivity contribution in [3.8, 4) is 11.5 Å². The van der Waals surface area contributed by atoms with E-state index in [9.17, 15) is 8.42 Å². The first-order valence-corrected chi connectivity index (χ1v) is 7.49. The molecule has 20 heavy (non-hydrogen) atoms. The largest absolute Gasteiger partial charge is 0.455 e. The smallest absolute Gasteiger partial charge is 0.238 e. The van der Waals surface area contributed by atoms with Crippen LogP contribution in [-0.4, -0.2) is 8.42 Å². The lowest BCUT2D eigenvalue weighted by Gasteiger charge is -2.12. The third-order valence-electron chi connectivity index (χ3n) is 2.86. The maximum Gasteiger partial charge on any atom is 0.238 e. The molecule has 0 unspecified atom stereocenters. The lowest BCUT2D eigenvalue weighted by Crippen LogP contribution is -2.12. The van der Waals surface area contributed by atoms with E-state index in [4.69, 9.17) is 15.6 Å². The number of primary sulfonamides is 1. The van der Waals surface area contributed by atoms with Gasteiger partial charge in [0.15, 0.2) is 5.75 Å². The van der Waals surface area contributed by atoms with Crippen LogP contribution in [0.5, 0.6) is 11.5 Å². The number of hydrogen-bond acceptors (Lipinski definition) is 4. The van der Waals surface area contributed by atoms with Crippen molar-refractivity contribution in [1.29, 1.82) is 0 Å². The fourth-order valence-electron chi connectivity index (χ4n) is 1.81. The zero-order valence-corrected chi connectivity index (χ0v) is 12.1. The minimum Gasteiger partial charge on any atom is -0.455 e. The standard InChI is InChI=1S/C14H16N2O3S/c1-9-3-6-13(10(2)7-9)19-14-8-11(20(16,17)18)4-5-12(14)15/h3-8H,15H2,1-2H3,(H2,16,17,18). The summed E-state index contributed by atoms with van der Waals surface area (Å²) in [4.78, 5) is -0.0357. The Bertz CT molecular complexity index is 755. The molecule has 5 nitrogen and oxygen atoms in total. The number of ether oxygens (including phenoxy) is 1. The Kier molecular flexibility index (Phi) is 3.69. The molecule has 0 aliphatic carbocycles. The van der Waals surface area contributed by atoms with Crippen LogP contribution in [-0.2, 0) is 10.0 Å². The van der Waals surface area contributed by atoms with E-state index in [1.54, 1.807) is 0 Å². The van der Waals surface area contributed by atoms with E-state index >= 15 is 0 Å². The van der Waals surface area contributed by atoms with E-state index in [2.05, 4.69) is 0 Å². The molecule has 2 aromatic rings. The van der Waals surface area contributed by atoms with Gasteiger partial charge < -0.3 is 10.5 Å². The summed E-state index contributed by atoms with van der Waals surface area (Å²) in [5.41, 5.74) is 8.19. The van der Waals surface area contributed by atoms with Gasteiger partial charge in [-0.3, -0.25) is 0 Å². The molecule has 0 radical (unpaired) electrons. The van der Waals surface area contributed by atoms with Crippen molar-refractivity contribution >= 4 is 15.7 Å². The molecule has 0 aliphatic heterocycles. The summed E-state index contributed by atoms with van der Waals surface area (Å²) in [6.07, 6.45) is 0. The molecule has 2 rings (SSSR count). The lowest BCUT2D eigenvalue weighted by atomic mass is 10.1. The molecule has 106 valence electrons. The predicted molar refractivity (Wildman–Crippen MR) is 78.2 cm³/mol. The van der Waals surface area contributed by atoms with E-state index in [0.717, 1.165) is 11.1 Å². The summed E-state index contributed by atoms with van der Waals surface area (Å²) in [5, 5.41) is 5.09. The molecule has 0 saturated heterocycles. The summed E-state index contributed by atoms with van der Waals surface area (Å²) in [7, 11) is -3.79. The highest BCUT2D eigenvalue weighted by Gasteiger charge is 2.12. The fraction of sp³-hybridized carbons (Fsp3) is 0.143. The molecule has 0 atom stereocenters. The number of aryl methyl sites for hydroxylation is 2. The van der Waals surface area contributed by atoms with E-state index in [0.29, 0.717) is 11.4 Å². The van der Waals surface area contributed by atoms with Crippen molar-refractivity contribution in [2.24, 2.45) is 5.14 Å². The molecular weight excluding hydrogens is 276 g/mol. The fourth-order valence-corrected chi connectivity index (χ4v) is 2.34. The van der Waals surface area contributed by atoms with Crippen LogP contribution in [0.15, 0.2) is 41.3 Å². The molecule has 0 saturated carbocycles. The van der Waals surface area contributed by atoms with Crippen molar-refractivity contribution < 1.29 is 13.2 Å². The van der Waals surface area contributed by atoms with E-state index in [1.807, 2.05) is 32.0 Å². The van der Waals surface area contributed by atoms with Gasteiger partial charge in [0.25, 0.3) is 0 Å². The highest BCUT2D eigenvalue weighted by molar-refractivity contribution is 7.89. The summed E-state index contributed by atoms with van der Waals surface area (Å²) in [6, 6.07) is 9.81. The maximum atomic E-state index is 11.3. The van der Waals surface area contributed by atoms with E-state index in [-0.39, 0.29) is 10.6 Å². The van der Waals surface area contributed by atoms with Gasteiger partial charge in [-0.25, -0.2) is 13.6 Å². The van der Waals surface area contributed by atoms with Crippen molar-refractivity contribution in [1.82, 2.24) is 0 Å². The maximum absolute atomic E-state index is 11.3. The zero-order valence-electron chi connectivity index (χ0n) is 11.3. The predicted octanol–water partition coefficient (Wildman–Crippen LogP) is 2.33. The van der Waals surface area contributed by atoms with Gasteiger partial charge >= 0.3 is 0 Å². The quantitative estimate of drug-likeness (QED) is 0.849. The average Bonchev–Trinajstić information content (AvgIpc) is 2.33. The molecule has 0 spiro atoms. The first-order chi connectivity index (χ1) is 9.27. The van der Waals surface area contributed by atoms with Crippen molar-refractivity contribution in [3.05, 3.63) is 47.5 Å². The number of hydrogen-bond donors (Lipinski definition) is 2. The van der Waals surface area contributed by atoms with Crippen LogP contribution in [0.25, 0.3) is 0 Å².